The van der Waals surface area contributed by atoms with Gasteiger partial charge < -0.3 is 0 Å². The lowest BCUT2D eigenvalue weighted by Crippen LogP contribution is -2.24. The van der Waals surface area contributed by atoms with Crippen LogP contribution in [0.2, 0.25) is 0 Å². The Kier molecular flexibility index (Phi) is 3.23. The fourth-order valence-electron chi connectivity index (χ4n) is 2.16. The zero-order valence-corrected chi connectivity index (χ0v) is 11.2. The minimum absolute atomic E-state index is 0.150. The molecule has 7 nitrogen and oxygen atoms in total. The van der Waals surface area contributed by atoms with Crippen molar-refractivity contribution in [2.24, 2.45) is 5.10 Å². The number of amides is 2. The topological polar surface area (TPSA) is 92.9 Å². The van der Waals surface area contributed by atoms with Crippen molar-refractivity contribution in [3.05, 3.63) is 75.3 Å². The Morgan fingerprint density at radius 2 is 1.50 bits per heavy atom. The average molecular weight is 295 g/mol. The molecule has 0 saturated carbocycles. The van der Waals surface area contributed by atoms with E-state index < -0.39 is 16.7 Å². The molecule has 0 spiro atoms. The molecule has 0 unspecified atom stereocenters. The number of para-hydroxylation sites is 1. The molecule has 0 bridgehead atoms. The Morgan fingerprint density at radius 3 is 2.09 bits per heavy atom. The molecule has 0 fully saturated rings. The largest absolute Gasteiger partial charge is 0.282 e. The van der Waals surface area contributed by atoms with Gasteiger partial charge in [-0.3, -0.25) is 19.7 Å². The molecule has 0 aliphatic carbocycles. The molecule has 0 saturated heterocycles. The number of carbonyl (C=O) groups is 2. The van der Waals surface area contributed by atoms with E-state index in [1.54, 1.807) is 18.2 Å². The summed E-state index contributed by atoms with van der Waals surface area (Å²) in [5, 5.41) is 15.4. The van der Waals surface area contributed by atoms with Crippen LogP contribution in [-0.2, 0) is 0 Å². The van der Waals surface area contributed by atoms with Crippen LogP contribution in [0.25, 0.3) is 0 Å². The lowest BCUT2D eigenvalue weighted by molar-refractivity contribution is -0.385. The van der Waals surface area contributed by atoms with E-state index in [4.69, 9.17) is 0 Å². The number of fused-ring (bicyclic) bond motifs is 1. The van der Waals surface area contributed by atoms with Gasteiger partial charge in [0.05, 0.1) is 27.8 Å². The Hall–Kier alpha value is -3.35. The van der Waals surface area contributed by atoms with E-state index in [0.717, 1.165) is 6.21 Å². The summed E-state index contributed by atoms with van der Waals surface area (Å²) in [7, 11) is 0. The molecule has 0 radical (unpaired) electrons. The fraction of sp³-hybridized carbons (Fsp3) is 0. The van der Waals surface area contributed by atoms with Gasteiger partial charge in [-0.1, -0.05) is 24.3 Å². The van der Waals surface area contributed by atoms with Crippen LogP contribution in [0.3, 0.4) is 0 Å². The molecular formula is C15H9N3O4. The maximum absolute atomic E-state index is 12.1. The van der Waals surface area contributed by atoms with Gasteiger partial charge in [-0.25, -0.2) is 0 Å². The van der Waals surface area contributed by atoms with Gasteiger partial charge in [-0.05, 0) is 18.2 Å². The molecule has 0 atom stereocenters. The maximum Gasteiger partial charge on any atom is 0.282 e. The summed E-state index contributed by atoms with van der Waals surface area (Å²) in [6, 6.07) is 12.3. The Morgan fingerprint density at radius 1 is 0.955 bits per heavy atom. The van der Waals surface area contributed by atoms with Crippen molar-refractivity contribution in [3.8, 4) is 0 Å². The second kappa shape index (κ2) is 5.21. The van der Waals surface area contributed by atoms with Crippen molar-refractivity contribution in [3.63, 3.8) is 0 Å². The van der Waals surface area contributed by atoms with Crippen LogP contribution < -0.4 is 0 Å². The SMILES string of the molecule is O=C1c2ccccc2C(=O)N1N=Cc1ccccc1[N+](=O)[O-]. The number of nitro groups is 1. The summed E-state index contributed by atoms with van der Waals surface area (Å²) >= 11 is 0. The zero-order chi connectivity index (χ0) is 15.7. The van der Waals surface area contributed by atoms with Gasteiger partial charge >= 0.3 is 0 Å². The maximum atomic E-state index is 12.1. The van der Waals surface area contributed by atoms with Gasteiger partial charge in [0.2, 0.25) is 0 Å². The van der Waals surface area contributed by atoms with Crippen molar-refractivity contribution in [1.29, 1.82) is 0 Å². The van der Waals surface area contributed by atoms with E-state index in [0.29, 0.717) is 5.01 Å². The van der Waals surface area contributed by atoms with Gasteiger partial charge in [0.25, 0.3) is 17.5 Å². The highest BCUT2D eigenvalue weighted by Crippen LogP contribution is 2.23. The highest BCUT2D eigenvalue weighted by Gasteiger charge is 2.35. The average Bonchev–Trinajstić information content (AvgIpc) is 2.77. The highest BCUT2D eigenvalue weighted by molar-refractivity contribution is 6.21. The summed E-state index contributed by atoms with van der Waals surface area (Å²) in [4.78, 5) is 34.6. The molecule has 2 aromatic rings. The molecule has 0 aromatic heterocycles. The van der Waals surface area contributed by atoms with E-state index >= 15 is 0 Å². The number of carbonyl (C=O) groups excluding carboxylic acids is 2. The van der Waals surface area contributed by atoms with Gasteiger partial charge in [0, 0.05) is 6.07 Å². The van der Waals surface area contributed by atoms with Crippen LogP contribution in [0.1, 0.15) is 26.3 Å². The van der Waals surface area contributed by atoms with Crippen molar-refractivity contribution < 1.29 is 14.5 Å². The summed E-state index contributed by atoms with van der Waals surface area (Å²) in [5.74, 6) is -1.09. The summed E-state index contributed by atoms with van der Waals surface area (Å²) in [6.45, 7) is 0. The van der Waals surface area contributed by atoms with Crippen molar-refractivity contribution in [2.75, 3.05) is 0 Å². The first-order valence-electron chi connectivity index (χ1n) is 6.35. The number of nitro benzene ring substituents is 1. The monoisotopic (exact) mass is 295 g/mol. The van der Waals surface area contributed by atoms with Gasteiger partial charge in [0.15, 0.2) is 0 Å². The van der Waals surface area contributed by atoms with Crippen LogP contribution in [0.15, 0.2) is 53.6 Å². The Labute approximate surface area is 124 Å². The zero-order valence-electron chi connectivity index (χ0n) is 11.2. The van der Waals surface area contributed by atoms with E-state index in [1.165, 1.54) is 30.3 Å². The van der Waals surface area contributed by atoms with Gasteiger partial charge in [-0.2, -0.15) is 10.1 Å². The highest BCUT2D eigenvalue weighted by atomic mass is 16.6. The van der Waals surface area contributed by atoms with E-state index in [9.17, 15) is 19.7 Å². The van der Waals surface area contributed by atoms with Crippen LogP contribution >= 0.6 is 0 Å². The molecule has 108 valence electrons. The molecule has 3 rings (SSSR count). The lowest BCUT2D eigenvalue weighted by Gasteiger charge is -2.05. The quantitative estimate of drug-likeness (QED) is 0.375. The normalized spacial score (nSPS) is 13.7. The predicted octanol–water partition coefficient (Wildman–Crippen LogP) is 2.22. The fourth-order valence-corrected chi connectivity index (χ4v) is 2.16. The number of nitrogens with zero attached hydrogens (tertiary/aromatic N) is 3. The Balaban J connectivity index is 1.94. The number of rotatable bonds is 3. The minimum Gasteiger partial charge on any atom is -0.267 e. The first-order chi connectivity index (χ1) is 10.6. The number of hydrazone groups is 1. The number of benzene rings is 2. The third kappa shape index (κ3) is 2.14. The standard InChI is InChI=1S/C15H9N3O4/c19-14-11-6-2-3-7-12(11)15(20)17(14)16-9-10-5-1-4-8-13(10)18(21)22/h1-9H. The van der Waals surface area contributed by atoms with Crippen LogP contribution in [-0.4, -0.2) is 28.0 Å². The second-order valence-electron chi connectivity index (χ2n) is 4.53. The van der Waals surface area contributed by atoms with Crippen LogP contribution in [0.5, 0.6) is 0 Å². The summed E-state index contributed by atoms with van der Waals surface area (Å²) < 4.78 is 0. The third-order valence-corrected chi connectivity index (χ3v) is 3.22. The Bertz CT molecular complexity index is 794. The minimum atomic E-state index is -0.552. The number of hydrogen-bond acceptors (Lipinski definition) is 5. The molecule has 1 aliphatic heterocycles. The molecular weight excluding hydrogens is 286 g/mol. The molecule has 1 heterocycles. The van der Waals surface area contributed by atoms with Crippen molar-refractivity contribution >= 4 is 23.7 Å². The second-order valence-corrected chi connectivity index (χ2v) is 4.53. The van der Waals surface area contributed by atoms with E-state index in [-0.39, 0.29) is 22.4 Å². The molecule has 22 heavy (non-hydrogen) atoms. The molecule has 1 aliphatic rings. The van der Waals surface area contributed by atoms with E-state index in [2.05, 4.69) is 5.10 Å². The first kappa shape index (κ1) is 13.6. The van der Waals surface area contributed by atoms with Crippen LogP contribution in [0, 0.1) is 10.1 Å². The number of hydrogen-bond donors (Lipinski definition) is 0. The first-order valence-corrected chi connectivity index (χ1v) is 6.35. The van der Waals surface area contributed by atoms with Gasteiger partial charge in [0.1, 0.15) is 0 Å². The van der Waals surface area contributed by atoms with Crippen LogP contribution in [0.4, 0.5) is 5.69 Å². The summed E-state index contributed by atoms with van der Waals surface area (Å²) in [5.41, 5.74) is 0.603. The predicted molar refractivity (Wildman–Crippen MR) is 77.6 cm³/mol. The molecule has 2 amide bonds. The number of imide groups is 1. The third-order valence-electron chi connectivity index (χ3n) is 3.22. The smallest absolute Gasteiger partial charge is 0.267 e. The van der Waals surface area contributed by atoms with Crippen molar-refractivity contribution in [2.45, 2.75) is 0 Å². The molecule has 2 aromatic carbocycles. The van der Waals surface area contributed by atoms with Gasteiger partial charge in [-0.15, -0.1) is 0 Å². The van der Waals surface area contributed by atoms with Crippen molar-refractivity contribution in [1.82, 2.24) is 5.01 Å². The molecule has 7 heteroatoms. The van der Waals surface area contributed by atoms with E-state index in [1.807, 2.05) is 0 Å². The summed E-state index contributed by atoms with van der Waals surface area (Å²) in [6.07, 6.45) is 1.14. The molecule has 0 N–H and O–H groups in total. The lowest BCUT2D eigenvalue weighted by atomic mass is 10.1.